The standard InChI is InChI=1S/C30H47F3N4O.CH3NO/c1-7-10-15-28(34-18-12-20-37(19-8-2)29(38)17-16-23(4)9-3)27(30(31,32)33)22-35-25(6)36-26-14-11-13-24(5)21-26;2-1-3/h11,13-15,21-23,34H,7-10,12,16-20H2,1-6H3,(H,35,36);1H,(H2,2,3)/b27-22+,28-15-;. The van der Waals surface area contributed by atoms with E-state index in [0.29, 0.717) is 50.7 Å². The second-order valence-electron chi connectivity index (χ2n) is 10.0. The fourth-order valence-electron chi connectivity index (χ4n) is 3.84. The summed E-state index contributed by atoms with van der Waals surface area (Å²) in [5.41, 5.74) is 5.18. The molecule has 0 aliphatic rings. The number of primary amides is 1. The maximum absolute atomic E-state index is 14.1. The van der Waals surface area contributed by atoms with E-state index in [4.69, 9.17) is 4.79 Å². The number of amidine groups is 1. The molecule has 0 saturated carbocycles. The molecule has 0 radical (unpaired) electrons. The Bertz CT molecular complexity index is 990. The number of nitrogens with one attached hydrogen (secondary N) is 2. The van der Waals surface area contributed by atoms with Gasteiger partial charge in [0.1, 0.15) is 5.84 Å². The Balaban J connectivity index is 0.00000509. The van der Waals surface area contributed by atoms with E-state index >= 15 is 0 Å². The fraction of sp³-hybridized carbons (Fsp3) is 0.581. The van der Waals surface area contributed by atoms with Crippen LogP contribution in [0.25, 0.3) is 0 Å². The van der Waals surface area contributed by atoms with E-state index in [0.717, 1.165) is 43.1 Å². The van der Waals surface area contributed by atoms with E-state index < -0.39 is 11.7 Å². The summed E-state index contributed by atoms with van der Waals surface area (Å²) in [6.45, 7) is 13.3. The van der Waals surface area contributed by atoms with Crippen LogP contribution in [0, 0.1) is 12.8 Å². The molecule has 1 atom stereocenters. The monoisotopic (exact) mass is 581 g/mol. The summed E-state index contributed by atoms with van der Waals surface area (Å²) < 4.78 is 42.2. The molecule has 4 N–H and O–H groups in total. The normalized spacial score (nSPS) is 13.1. The first kappa shape index (κ1) is 37.7. The molecule has 1 unspecified atom stereocenters. The number of amides is 2. The van der Waals surface area contributed by atoms with E-state index in [1.54, 1.807) is 13.0 Å². The lowest BCUT2D eigenvalue weighted by Gasteiger charge is -2.23. The molecule has 2 amide bonds. The molecule has 0 aliphatic heterocycles. The number of nitrogens with two attached hydrogens (primary N) is 1. The average molecular weight is 582 g/mol. The van der Waals surface area contributed by atoms with Crippen molar-refractivity contribution < 1.29 is 22.8 Å². The van der Waals surface area contributed by atoms with E-state index in [-0.39, 0.29) is 18.0 Å². The highest BCUT2D eigenvalue weighted by Crippen LogP contribution is 2.30. The zero-order valence-corrected chi connectivity index (χ0v) is 25.6. The summed E-state index contributed by atoms with van der Waals surface area (Å²) in [6.07, 6.45) is 3.19. The van der Waals surface area contributed by atoms with Crippen LogP contribution >= 0.6 is 0 Å². The molecule has 0 heterocycles. The summed E-state index contributed by atoms with van der Waals surface area (Å²) in [5, 5.41) is 6.02. The molecule has 0 aromatic heterocycles. The predicted octanol–water partition coefficient (Wildman–Crippen LogP) is 7.10. The summed E-state index contributed by atoms with van der Waals surface area (Å²) >= 11 is 0. The van der Waals surface area contributed by atoms with Gasteiger partial charge in [0.05, 0.1) is 5.57 Å². The first-order valence-corrected chi connectivity index (χ1v) is 14.5. The number of carbonyl (C=O) groups is 2. The van der Waals surface area contributed by atoms with Gasteiger partial charge in [-0.15, -0.1) is 0 Å². The van der Waals surface area contributed by atoms with Crippen LogP contribution in [-0.2, 0) is 9.59 Å². The van der Waals surface area contributed by atoms with E-state index in [1.165, 1.54) is 0 Å². The van der Waals surface area contributed by atoms with Gasteiger partial charge in [-0.1, -0.05) is 58.7 Å². The van der Waals surface area contributed by atoms with Crippen LogP contribution in [0.1, 0.15) is 85.1 Å². The van der Waals surface area contributed by atoms with Gasteiger partial charge in [0.15, 0.2) is 0 Å². The molecular formula is C31H50F3N5O2. The molecule has 0 saturated heterocycles. The smallest absolute Gasteiger partial charge is 0.385 e. The van der Waals surface area contributed by atoms with Crippen LogP contribution in [0.3, 0.4) is 0 Å². The van der Waals surface area contributed by atoms with Gasteiger partial charge >= 0.3 is 6.18 Å². The lowest BCUT2D eigenvalue weighted by molar-refractivity contribution is -0.131. The second-order valence-corrected chi connectivity index (χ2v) is 10.0. The number of hydrogen-bond acceptors (Lipinski definition) is 4. The number of aryl methyl sites for hydroxylation is 1. The van der Waals surface area contributed by atoms with Gasteiger partial charge in [0, 0.05) is 43.6 Å². The van der Waals surface area contributed by atoms with Crippen LogP contribution < -0.4 is 16.4 Å². The van der Waals surface area contributed by atoms with Crippen molar-refractivity contribution in [2.75, 3.05) is 25.0 Å². The minimum atomic E-state index is -4.57. The molecule has 1 rings (SSSR count). The van der Waals surface area contributed by atoms with Crippen LogP contribution in [0.4, 0.5) is 18.9 Å². The van der Waals surface area contributed by atoms with Gasteiger partial charge in [0.25, 0.3) is 0 Å². The zero-order valence-electron chi connectivity index (χ0n) is 25.6. The highest BCUT2D eigenvalue weighted by atomic mass is 19.4. The maximum Gasteiger partial charge on any atom is 0.419 e. The van der Waals surface area contributed by atoms with E-state index in [2.05, 4.69) is 35.2 Å². The largest absolute Gasteiger partial charge is 0.419 e. The van der Waals surface area contributed by atoms with Crippen molar-refractivity contribution in [2.24, 2.45) is 16.6 Å². The van der Waals surface area contributed by atoms with Gasteiger partial charge in [-0.3, -0.25) is 9.59 Å². The molecule has 0 spiro atoms. The minimum Gasteiger partial charge on any atom is -0.385 e. The third kappa shape index (κ3) is 17.2. The van der Waals surface area contributed by atoms with Crippen LogP contribution in [-0.4, -0.2) is 48.9 Å². The second kappa shape index (κ2) is 21.4. The molecule has 0 fully saturated rings. The number of benzene rings is 1. The first-order valence-electron chi connectivity index (χ1n) is 14.5. The third-order valence-electron chi connectivity index (χ3n) is 6.28. The first-order chi connectivity index (χ1) is 19.4. The van der Waals surface area contributed by atoms with Crippen LogP contribution in [0.2, 0.25) is 0 Å². The minimum absolute atomic E-state index is 0.0246. The van der Waals surface area contributed by atoms with Crippen molar-refractivity contribution in [3.05, 3.63) is 53.4 Å². The van der Waals surface area contributed by atoms with Crippen molar-refractivity contribution in [3.63, 3.8) is 0 Å². The summed E-state index contributed by atoms with van der Waals surface area (Å²) in [5.74, 6) is 0.982. The van der Waals surface area contributed by atoms with E-state index in [9.17, 15) is 18.0 Å². The van der Waals surface area contributed by atoms with Crippen molar-refractivity contribution in [2.45, 2.75) is 92.7 Å². The Morgan fingerprint density at radius 2 is 1.85 bits per heavy atom. The van der Waals surface area contributed by atoms with Gasteiger partial charge in [-0.2, -0.15) is 13.2 Å². The average Bonchev–Trinajstić information content (AvgIpc) is 2.91. The third-order valence-corrected chi connectivity index (χ3v) is 6.28. The Hall–Kier alpha value is -3.30. The van der Waals surface area contributed by atoms with Crippen LogP contribution in [0.15, 0.2) is 52.8 Å². The number of nitrogens with zero attached hydrogens (tertiary/aromatic N) is 2. The Labute approximate surface area is 244 Å². The van der Waals surface area contributed by atoms with E-state index in [1.807, 2.05) is 49.9 Å². The number of carbonyl (C=O) groups excluding carboxylic acids is 2. The molecule has 7 nitrogen and oxygen atoms in total. The zero-order chi connectivity index (χ0) is 31.3. The number of aliphatic imine (C=N–C) groups is 1. The maximum atomic E-state index is 14.1. The predicted molar refractivity (Wildman–Crippen MR) is 163 cm³/mol. The fourth-order valence-corrected chi connectivity index (χ4v) is 3.84. The van der Waals surface area contributed by atoms with Gasteiger partial charge in [-0.25, -0.2) is 4.99 Å². The lowest BCUT2D eigenvalue weighted by atomic mass is 10.0. The van der Waals surface area contributed by atoms with Gasteiger partial charge in [-0.05, 0) is 63.1 Å². The highest BCUT2D eigenvalue weighted by molar-refractivity contribution is 5.94. The molecule has 0 aliphatic carbocycles. The highest BCUT2D eigenvalue weighted by Gasteiger charge is 2.36. The number of unbranched alkanes of at least 4 members (excludes halogenated alkanes) is 1. The lowest BCUT2D eigenvalue weighted by Crippen LogP contribution is -2.34. The number of rotatable bonds is 16. The SMILES string of the molecule is CCC/C=C(NCCCN(CCC)C(=O)CCC(C)CC)/C(=C\N=C(C)Nc1cccc(C)c1)C(F)(F)F.NC=O. The number of alkyl halides is 3. The number of halogens is 3. The molecule has 41 heavy (non-hydrogen) atoms. The Kier molecular flexibility index (Phi) is 19.7. The number of allylic oxidation sites excluding steroid dienone is 2. The Morgan fingerprint density at radius 3 is 2.41 bits per heavy atom. The van der Waals surface area contributed by atoms with Crippen molar-refractivity contribution in [1.82, 2.24) is 10.2 Å². The van der Waals surface area contributed by atoms with Crippen molar-refractivity contribution >= 4 is 23.8 Å². The molecule has 0 bridgehead atoms. The summed E-state index contributed by atoms with van der Waals surface area (Å²) in [6, 6.07) is 7.56. The quantitative estimate of drug-likeness (QED) is 0.0637. The summed E-state index contributed by atoms with van der Waals surface area (Å²) in [7, 11) is 0. The number of anilines is 1. The topological polar surface area (TPSA) is 99.8 Å². The van der Waals surface area contributed by atoms with Crippen LogP contribution in [0.5, 0.6) is 0 Å². The molecule has 1 aromatic carbocycles. The number of hydrogen-bond donors (Lipinski definition) is 3. The van der Waals surface area contributed by atoms with Gasteiger partial charge in [0.2, 0.25) is 12.3 Å². The molecule has 1 aromatic rings. The van der Waals surface area contributed by atoms with Crippen molar-refractivity contribution in [1.29, 1.82) is 0 Å². The molecular weight excluding hydrogens is 531 g/mol. The van der Waals surface area contributed by atoms with Crippen molar-refractivity contribution in [3.8, 4) is 0 Å². The Morgan fingerprint density at radius 1 is 1.17 bits per heavy atom. The van der Waals surface area contributed by atoms with Gasteiger partial charge < -0.3 is 21.3 Å². The molecule has 10 heteroatoms. The summed E-state index contributed by atoms with van der Waals surface area (Å²) in [4.78, 5) is 27.2. The molecule has 232 valence electrons.